The number of hydrogen-bond donors (Lipinski definition) is 2. The molecule has 4 nitrogen and oxygen atoms in total. The first-order valence-corrected chi connectivity index (χ1v) is 12.7. The number of benzene rings is 4. The highest BCUT2D eigenvalue weighted by Gasteiger charge is 2.36. The van der Waals surface area contributed by atoms with Crippen molar-refractivity contribution in [2.24, 2.45) is 0 Å². The number of para-hydroxylation sites is 2. The van der Waals surface area contributed by atoms with E-state index in [0.29, 0.717) is 6.42 Å². The van der Waals surface area contributed by atoms with E-state index in [-0.39, 0.29) is 23.8 Å². The van der Waals surface area contributed by atoms with Gasteiger partial charge in [0.25, 0.3) is 0 Å². The minimum Gasteiger partial charge on any atom is -0.491 e. The summed E-state index contributed by atoms with van der Waals surface area (Å²) in [5.74, 6) is 1.17. The zero-order valence-electron chi connectivity index (χ0n) is 20.6. The Hall–Kier alpha value is -4.05. The van der Waals surface area contributed by atoms with Crippen LogP contribution in [0.15, 0.2) is 102 Å². The van der Waals surface area contributed by atoms with E-state index in [4.69, 9.17) is 4.74 Å². The van der Waals surface area contributed by atoms with Crippen molar-refractivity contribution in [2.45, 2.75) is 44.8 Å². The molecule has 0 spiro atoms. The molecule has 36 heavy (non-hydrogen) atoms. The largest absolute Gasteiger partial charge is 0.491 e. The monoisotopic (exact) mass is 474 g/mol. The van der Waals surface area contributed by atoms with Gasteiger partial charge in [0.1, 0.15) is 5.75 Å². The molecule has 4 aromatic rings. The van der Waals surface area contributed by atoms with Crippen LogP contribution in [0.25, 0.3) is 10.8 Å². The number of fused-ring (bicyclic) bond motifs is 2. The van der Waals surface area contributed by atoms with Gasteiger partial charge in [-0.05, 0) is 72.4 Å². The average Bonchev–Trinajstić information content (AvgIpc) is 3.05. The first-order valence-electron chi connectivity index (χ1n) is 12.7. The molecule has 0 aromatic heterocycles. The number of rotatable bonds is 4. The van der Waals surface area contributed by atoms with Crippen molar-refractivity contribution in [1.29, 1.82) is 0 Å². The third kappa shape index (κ3) is 4.13. The lowest BCUT2D eigenvalue weighted by atomic mass is 9.78. The quantitative estimate of drug-likeness (QED) is 0.320. The zero-order valence-corrected chi connectivity index (χ0v) is 20.6. The van der Waals surface area contributed by atoms with E-state index < -0.39 is 0 Å². The Morgan fingerprint density at radius 3 is 2.33 bits per heavy atom. The lowest BCUT2D eigenvalue weighted by molar-refractivity contribution is -0.116. The van der Waals surface area contributed by atoms with Gasteiger partial charge in [-0.2, -0.15) is 0 Å². The number of nitrogens with one attached hydrogen (secondary N) is 2. The summed E-state index contributed by atoms with van der Waals surface area (Å²) in [6.07, 6.45) is 1.40. The lowest BCUT2D eigenvalue weighted by Gasteiger charge is -2.30. The second-order valence-electron chi connectivity index (χ2n) is 9.97. The Kier molecular flexibility index (Phi) is 5.73. The number of Topliss-reactive ketones (excluding diaryl/α,β-unsaturated/α-hetero) is 1. The molecule has 2 unspecified atom stereocenters. The van der Waals surface area contributed by atoms with E-state index in [2.05, 4.69) is 77.4 Å². The molecule has 0 saturated carbocycles. The van der Waals surface area contributed by atoms with Gasteiger partial charge in [0.15, 0.2) is 5.78 Å². The number of carbonyl (C=O) groups is 1. The van der Waals surface area contributed by atoms with Crippen LogP contribution in [0.3, 0.4) is 0 Å². The van der Waals surface area contributed by atoms with E-state index in [1.807, 2.05) is 38.1 Å². The van der Waals surface area contributed by atoms with E-state index >= 15 is 0 Å². The number of ether oxygens (including phenoxy) is 1. The highest BCUT2D eigenvalue weighted by atomic mass is 16.5. The Labute approximate surface area is 212 Å². The van der Waals surface area contributed by atoms with Crippen LogP contribution < -0.4 is 15.4 Å². The summed E-state index contributed by atoms with van der Waals surface area (Å²) < 4.78 is 5.82. The third-order valence-corrected chi connectivity index (χ3v) is 7.17. The topological polar surface area (TPSA) is 50.4 Å². The Balaban J connectivity index is 1.43. The fourth-order valence-corrected chi connectivity index (χ4v) is 5.55. The predicted molar refractivity (Wildman–Crippen MR) is 147 cm³/mol. The van der Waals surface area contributed by atoms with Crippen molar-refractivity contribution in [2.75, 3.05) is 10.6 Å². The molecular weight excluding hydrogens is 444 g/mol. The maximum atomic E-state index is 13.9. The molecule has 2 atom stereocenters. The molecule has 1 aliphatic carbocycles. The molecule has 1 aliphatic heterocycles. The fourth-order valence-electron chi connectivity index (χ4n) is 5.55. The molecular formula is C32H30N2O2. The van der Waals surface area contributed by atoms with E-state index in [9.17, 15) is 4.79 Å². The molecule has 0 bridgehead atoms. The maximum absolute atomic E-state index is 13.9. The van der Waals surface area contributed by atoms with Crippen LogP contribution in [0.2, 0.25) is 0 Å². The van der Waals surface area contributed by atoms with Gasteiger partial charge in [0.2, 0.25) is 0 Å². The zero-order chi connectivity index (χ0) is 24.6. The Bertz CT molecular complexity index is 1460. The van der Waals surface area contributed by atoms with Crippen LogP contribution in [0, 0.1) is 0 Å². The summed E-state index contributed by atoms with van der Waals surface area (Å²) in [5, 5.41) is 9.71. The average molecular weight is 475 g/mol. The molecule has 2 N–H and O–H groups in total. The second-order valence-corrected chi connectivity index (χ2v) is 9.97. The standard InChI is InChI=1S/C32H30N2O2/c1-20(2)36-24-16-14-21(15-17-24)23-18-29-31(30(35)19-23)32(34-28-13-6-5-12-27(28)33-29)26-11-7-9-22-8-3-4-10-25(22)26/h3-17,20,23,32-34H,18-19H2,1-2H3. The molecule has 4 aromatic carbocycles. The van der Waals surface area contributed by atoms with Crippen LogP contribution >= 0.6 is 0 Å². The van der Waals surface area contributed by atoms with Gasteiger partial charge in [-0.25, -0.2) is 0 Å². The van der Waals surface area contributed by atoms with Crippen molar-refractivity contribution in [3.05, 3.63) is 113 Å². The summed E-state index contributed by atoms with van der Waals surface area (Å²) in [6.45, 7) is 4.05. The summed E-state index contributed by atoms with van der Waals surface area (Å²) in [4.78, 5) is 13.9. The number of allylic oxidation sites excluding steroid dienone is 1. The fraction of sp³-hybridized carbons (Fsp3) is 0.219. The molecule has 4 heteroatoms. The number of anilines is 2. The van der Waals surface area contributed by atoms with Crippen molar-refractivity contribution < 1.29 is 9.53 Å². The van der Waals surface area contributed by atoms with Gasteiger partial charge >= 0.3 is 0 Å². The minimum absolute atomic E-state index is 0.121. The van der Waals surface area contributed by atoms with Gasteiger partial charge in [-0.15, -0.1) is 0 Å². The normalized spacial score (nSPS) is 19.2. The van der Waals surface area contributed by atoms with E-state index in [1.165, 1.54) is 16.3 Å². The van der Waals surface area contributed by atoms with Crippen LogP contribution in [0.4, 0.5) is 11.4 Å². The summed E-state index contributed by atoms with van der Waals surface area (Å²) in [7, 11) is 0. The minimum atomic E-state index is -0.225. The molecule has 0 radical (unpaired) electrons. The highest BCUT2D eigenvalue weighted by molar-refractivity contribution is 6.02. The lowest BCUT2D eigenvalue weighted by Crippen LogP contribution is -2.27. The first-order chi connectivity index (χ1) is 17.6. The third-order valence-electron chi connectivity index (χ3n) is 7.17. The summed E-state index contributed by atoms with van der Waals surface area (Å²) in [6, 6.07) is 31.0. The molecule has 0 saturated heterocycles. The van der Waals surface area contributed by atoms with Gasteiger partial charge in [-0.3, -0.25) is 4.79 Å². The van der Waals surface area contributed by atoms with Crippen molar-refractivity contribution >= 4 is 27.9 Å². The molecule has 6 rings (SSSR count). The molecule has 180 valence electrons. The van der Waals surface area contributed by atoms with Crippen LogP contribution in [0.5, 0.6) is 5.75 Å². The summed E-state index contributed by atoms with van der Waals surface area (Å²) >= 11 is 0. The molecule has 0 amide bonds. The first kappa shape index (κ1) is 22.4. The van der Waals surface area contributed by atoms with Crippen molar-refractivity contribution in [3.63, 3.8) is 0 Å². The molecule has 2 aliphatic rings. The SMILES string of the molecule is CC(C)Oc1ccc(C2CC(=O)C3=C(C2)Nc2ccccc2NC3c2cccc3ccccc23)cc1. The van der Waals surface area contributed by atoms with Crippen molar-refractivity contribution in [1.82, 2.24) is 0 Å². The van der Waals surface area contributed by atoms with Crippen LogP contribution in [0.1, 0.15) is 49.8 Å². The van der Waals surface area contributed by atoms with Gasteiger partial charge in [0.05, 0.1) is 23.5 Å². The van der Waals surface area contributed by atoms with E-state index in [1.54, 1.807) is 0 Å². The molecule has 0 fully saturated rings. The number of hydrogen-bond acceptors (Lipinski definition) is 4. The van der Waals surface area contributed by atoms with Crippen molar-refractivity contribution in [3.8, 4) is 5.75 Å². The van der Waals surface area contributed by atoms with Gasteiger partial charge in [0, 0.05) is 17.7 Å². The van der Waals surface area contributed by atoms with Crippen LogP contribution in [-0.4, -0.2) is 11.9 Å². The predicted octanol–water partition coefficient (Wildman–Crippen LogP) is 7.61. The number of ketones is 1. The van der Waals surface area contributed by atoms with Gasteiger partial charge in [-0.1, -0.05) is 66.7 Å². The van der Waals surface area contributed by atoms with Gasteiger partial charge < -0.3 is 15.4 Å². The van der Waals surface area contributed by atoms with Crippen LogP contribution in [-0.2, 0) is 4.79 Å². The summed E-state index contributed by atoms with van der Waals surface area (Å²) in [5.41, 5.74) is 6.15. The Morgan fingerprint density at radius 1 is 0.806 bits per heavy atom. The highest BCUT2D eigenvalue weighted by Crippen LogP contribution is 2.45. The maximum Gasteiger partial charge on any atom is 0.163 e. The number of carbonyl (C=O) groups excluding carboxylic acids is 1. The molecule has 1 heterocycles. The Morgan fingerprint density at radius 2 is 1.53 bits per heavy atom. The second kappa shape index (κ2) is 9.19. The smallest absolute Gasteiger partial charge is 0.163 e. The van der Waals surface area contributed by atoms with E-state index in [0.717, 1.165) is 40.4 Å².